The lowest BCUT2D eigenvalue weighted by atomic mass is 10.1. The Kier molecular flexibility index (Phi) is 4.16. The third-order valence-electron chi connectivity index (χ3n) is 5.86. The number of nitrogens with one attached hydrogen (secondary N) is 2. The van der Waals surface area contributed by atoms with Gasteiger partial charge in [-0.2, -0.15) is 5.10 Å². The van der Waals surface area contributed by atoms with Gasteiger partial charge >= 0.3 is 0 Å². The van der Waals surface area contributed by atoms with Crippen LogP contribution >= 0.6 is 0 Å². The first-order chi connectivity index (χ1) is 13.3. The van der Waals surface area contributed by atoms with E-state index < -0.39 is 0 Å². The Balaban J connectivity index is 1.39. The molecule has 7 nitrogen and oxygen atoms in total. The Morgan fingerprint density at radius 3 is 2.78 bits per heavy atom. The second kappa shape index (κ2) is 6.81. The summed E-state index contributed by atoms with van der Waals surface area (Å²) >= 11 is 0. The number of fused-ring (bicyclic) bond motifs is 2. The summed E-state index contributed by atoms with van der Waals surface area (Å²) in [6.07, 6.45) is 5.23. The van der Waals surface area contributed by atoms with Crippen LogP contribution in [0.5, 0.6) is 0 Å². The number of H-pyrrole nitrogens is 1. The highest BCUT2D eigenvalue weighted by atomic mass is 15.2. The summed E-state index contributed by atoms with van der Waals surface area (Å²) in [5, 5.41) is 10.7. The van der Waals surface area contributed by atoms with Crippen LogP contribution in [-0.4, -0.2) is 52.9 Å². The lowest BCUT2D eigenvalue weighted by Gasteiger charge is -2.32. The molecule has 2 aliphatic rings. The van der Waals surface area contributed by atoms with Crippen molar-refractivity contribution < 1.29 is 0 Å². The van der Waals surface area contributed by atoms with Crippen LogP contribution in [0.3, 0.4) is 0 Å². The number of hydrogen-bond acceptors (Lipinski definition) is 6. The molecule has 1 saturated heterocycles. The van der Waals surface area contributed by atoms with Gasteiger partial charge < -0.3 is 15.1 Å². The molecular weight excluding hydrogens is 338 g/mol. The zero-order valence-electron chi connectivity index (χ0n) is 15.6. The fraction of sp³-hybridized carbons (Fsp3) is 0.450. The minimum absolute atomic E-state index is 0.556. The van der Waals surface area contributed by atoms with Gasteiger partial charge in [0.15, 0.2) is 0 Å². The highest BCUT2D eigenvalue weighted by Crippen LogP contribution is 2.25. The van der Waals surface area contributed by atoms with Crippen LogP contribution in [0, 0.1) is 0 Å². The van der Waals surface area contributed by atoms with Crippen LogP contribution in [0.25, 0.3) is 11.0 Å². The number of hydrogen-bond donors (Lipinski definition) is 2. The SMILES string of the molecule is CN(c1ccc2nc(N3CCc4[nH]ncc4C3)ccc2n1)C1CCNCC1. The molecule has 0 aromatic carbocycles. The fourth-order valence-electron chi connectivity index (χ4n) is 4.16. The van der Waals surface area contributed by atoms with Crippen LogP contribution in [0.4, 0.5) is 11.6 Å². The van der Waals surface area contributed by atoms with E-state index in [-0.39, 0.29) is 0 Å². The Bertz CT molecular complexity index is 944. The van der Waals surface area contributed by atoms with Gasteiger partial charge in [0.25, 0.3) is 0 Å². The van der Waals surface area contributed by atoms with E-state index in [1.807, 2.05) is 6.20 Å². The molecule has 7 heteroatoms. The smallest absolute Gasteiger partial charge is 0.129 e. The molecule has 140 valence electrons. The molecule has 0 radical (unpaired) electrons. The van der Waals surface area contributed by atoms with E-state index in [0.29, 0.717) is 6.04 Å². The molecule has 5 heterocycles. The van der Waals surface area contributed by atoms with Crippen molar-refractivity contribution >= 4 is 22.7 Å². The minimum Gasteiger partial charge on any atom is -0.357 e. The molecule has 2 N–H and O–H groups in total. The summed E-state index contributed by atoms with van der Waals surface area (Å²) in [4.78, 5) is 14.4. The maximum absolute atomic E-state index is 4.87. The molecule has 0 atom stereocenters. The van der Waals surface area contributed by atoms with Crippen LogP contribution < -0.4 is 15.1 Å². The van der Waals surface area contributed by atoms with Crippen molar-refractivity contribution in [2.75, 3.05) is 36.5 Å². The number of aromatic amines is 1. The molecular formula is C20H25N7. The Hall–Kier alpha value is -2.67. The van der Waals surface area contributed by atoms with Crippen LogP contribution in [0.15, 0.2) is 30.5 Å². The summed E-state index contributed by atoms with van der Waals surface area (Å²) < 4.78 is 0. The van der Waals surface area contributed by atoms with Gasteiger partial charge in [0.2, 0.25) is 0 Å². The molecule has 3 aromatic heterocycles. The predicted molar refractivity (Wildman–Crippen MR) is 107 cm³/mol. The van der Waals surface area contributed by atoms with E-state index in [9.17, 15) is 0 Å². The standard InChI is InChI=1S/C20H25N7/c1-26(15-6-9-21-10-7-15)19-4-2-18-17(23-19)3-5-20(24-18)27-11-8-16-14(13-27)12-22-25-16/h2-5,12,15,21H,6-11,13H2,1H3,(H,22,25). The van der Waals surface area contributed by atoms with Gasteiger partial charge in [-0.3, -0.25) is 5.10 Å². The average Bonchev–Trinajstić information content (AvgIpc) is 3.21. The molecule has 3 aromatic rings. The predicted octanol–water partition coefficient (Wildman–Crippen LogP) is 2.10. The summed E-state index contributed by atoms with van der Waals surface area (Å²) in [6, 6.07) is 8.95. The van der Waals surface area contributed by atoms with Crippen molar-refractivity contribution in [1.29, 1.82) is 0 Å². The monoisotopic (exact) mass is 363 g/mol. The maximum Gasteiger partial charge on any atom is 0.129 e. The number of pyridine rings is 2. The first-order valence-corrected chi connectivity index (χ1v) is 9.75. The van der Waals surface area contributed by atoms with Gasteiger partial charge in [-0.1, -0.05) is 0 Å². The third-order valence-corrected chi connectivity index (χ3v) is 5.86. The van der Waals surface area contributed by atoms with Gasteiger partial charge in [-0.05, 0) is 50.2 Å². The molecule has 5 rings (SSSR count). The lowest BCUT2D eigenvalue weighted by Crippen LogP contribution is -2.41. The highest BCUT2D eigenvalue weighted by molar-refractivity contribution is 5.78. The van der Waals surface area contributed by atoms with E-state index in [0.717, 1.165) is 55.3 Å². The Morgan fingerprint density at radius 1 is 1.07 bits per heavy atom. The van der Waals surface area contributed by atoms with E-state index in [4.69, 9.17) is 9.97 Å². The van der Waals surface area contributed by atoms with Gasteiger partial charge in [0.1, 0.15) is 11.6 Å². The average molecular weight is 363 g/mol. The van der Waals surface area contributed by atoms with Gasteiger partial charge in [0.05, 0.1) is 17.2 Å². The molecule has 0 bridgehead atoms. The van der Waals surface area contributed by atoms with Crippen molar-refractivity contribution in [3.05, 3.63) is 41.7 Å². The zero-order chi connectivity index (χ0) is 18.2. The molecule has 0 amide bonds. The molecule has 2 aliphatic heterocycles. The van der Waals surface area contributed by atoms with Crippen molar-refractivity contribution in [1.82, 2.24) is 25.5 Å². The summed E-state index contributed by atoms with van der Waals surface area (Å²) in [5.41, 5.74) is 4.42. The molecule has 0 spiro atoms. The first-order valence-electron chi connectivity index (χ1n) is 9.75. The Morgan fingerprint density at radius 2 is 1.89 bits per heavy atom. The van der Waals surface area contributed by atoms with Crippen molar-refractivity contribution in [2.24, 2.45) is 0 Å². The van der Waals surface area contributed by atoms with Crippen molar-refractivity contribution in [3.8, 4) is 0 Å². The zero-order valence-corrected chi connectivity index (χ0v) is 15.6. The number of aromatic nitrogens is 4. The van der Waals surface area contributed by atoms with E-state index in [2.05, 4.69) is 56.6 Å². The van der Waals surface area contributed by atoms with Crippen molar-refractivity contribution in [2.45, 2.75) is 31.8 Å². The topological polar surface area (TPSA) is 73.0 Å². The highest BCUT2D eigenvalue weighted by Gasteiger charge is 2.21. The number of rotatable bonds is 3. The summed E-state index contributed by atoms with van der Waals surface area (Å²) in [5.74, 6) is 2.04. The van der Waals surface area contributed by atoms with Crippen LogP contribution in [0.1, 0.15) is 24.1 Å². The third kappa shape index (κ3) is 3.12. The van der Waals surface area contributed by atoms with Gasteiger partial charge in [-0.15, -0.1) is 0 Å². The number of anilines is 2. The van der Waals surface area contributed by atoms with Crippen LogP contribution in [0.2, 0.25) is 0 Å². The minimum atomic E-state index is 0.556. The summed E-state index contributed by atoms with van der Waals surface area (Å²) in [6.45, 7) is 3.98. The molecule has 27 heavy (non-hydrogen) atoms. The van der Waals surface area contributed by atoms with Crippen LogP contribution in [-0.2, 0) is 13.0 Å². The lowest BCUT2D eigenvalue weighted by molar-refractivity contribution is 0.442. The number of piperidine rings is 1. The van der Waals surface area contributed by atoms with E-state index in [1.54, 1.807) is 0 Å². The van der Waals surface area contributed by atoms with Gasteiger partial charge in [0, 0.05) is 43.9 Å². The van der Waals surface area contributed by atoms with E-state index >= 15 is 0 Å². The van der Waals surface area contributed by atoms with Crippen molar-refractivity contribution in [3.63, 3.8) is 0 Å². The quantitative estimate of drug-likeness (QED) is 0.742. The summed E-state index contributed by atoms with van der Waals surface area (Å²) in [7, 11) is 2.15. The first kappa shape index (κ1) is 16.5. The van der Waals surface area contributed by atoms with E-state index in [1.165, 1.54) is 24.1 Å². The molecule has 0 aliphatic carbocycles. The molecule has 1 fully saturated rings. The maximum atomic E-state index is 4.87. The second-order valence-corrected chi connectivity index (χ2v) is 7.51. The fourth-order valence-corrected chi connectivity index (χ4v) is 4.16. The molecule has 0 saturated carbocycles. The van der Waals surface area contributed by atoms with Gasteiger partial charge in [-0.25, -0.2) is 9.97 Å². The normalized spacial score (nSPS) is 17.9. The second-order valence-electron chi connectivity index (χ2n) is 7.51. The molecule has 0 unspecified atom stereocenters. The number of nitrogens with zero attached hydrogens (tertiary/aromatic N) is 5. The Labute approximate surface area is 158 Å². The largest absolute Gasteiger partial charge is 0.357 e.